The van der Waals surface area contributed by atoms with Crippen molar-refractivity contribution in [1.29, 1.82) is 0 Å². The van der Waals surface area contributed by atoms with Crippen molar-refractivity contribution < 1.29 is 37.3 Å². The van der Waals surface area contributed by atoms with E-state index in [1.54, 1.807) is 36.4 Å². The van der Waals surface area contributed by atoms with Crippen LogP contribution in [-0.4, -0.2) is 70.6 Å². The van der Waals surface area contributed by atoms with E-state index in [4.69, 9.17) is 24.5 Å². The van der Waals surface area contributed by atoms with Gasteiger partial charge in [0.2, 0.25) is 10.0 Å². The predicted molar refractivity (Wildman–Crippen MR) is 166 cm³/mol. The largest absolute Gasteiger partial charge is 0.496 e. The zero-order valence-electron chi connectivity index (χ0n) is 26.1. The fourth-order valence-electron chi connectivity index (χ4n) is 5.89. The second-order valence-corrected chi connectivity index (χ2v) is 14.1. The van der Waals surface area contributed by atoms with Gasteiger partial charge in [-0.2, -0.15) is 4.72 Å². The smallest absolute Gasteiger partial charge is 0.409 e. The normalized spacial score (nSPS) is 21.7. The second-order valence-electron chi connectivity index (χ2n) is 12.4. The van der Waals surface area contributed by atoms with Crippen molar-refractivity contribution in [3.05, 3.63) is 70.1 Å². The van der Waals surface area contributed by atoms with Gasteiger partial charge in [0.25, 0.3) is 0 Å². The molecule has 0 aliphatic carbocycles. The second kappa shape index (κ2) is 14.8. The summed E-state index contributed by atoms with van der Waals surface area (Å²) >= 11 is 0. The zero-order valence-corrected chi connectivity index (χ0v) is 27.0. The van der Waals surface area contributed by atoms with E-state index in [0.29, 0.717) is 49.3 Å². The Kier molecular flexibility index (Phi) is 11.3. The topological polar surface area (TPSA) is 181 Å². The molecular weight excluding hydrogens is 602 g/mol. The Bertz CT molecular complexity index is 1470. The Morgan fingerprint density at radius 3 is 2.64 bits per heavy atom. The number of alkyl carbamates (subject to hydrolysis) is 1. The Balaban J connectivity index is 1.62. The number of carbonyl (C=O) groups is 1. The van der Waals surface area contributed by atoms with Crippen LogP contribution in [0, 0.1) is 11.3 Å². The first kappa shape index (κ1) is 34.5. The van der Waals surface area contributed by atoms with Crippen molar-refractivity contribution in [2.24, 2.45) is 16.4 Å². The summed E-state index contributed by atoms with van der Waals surface area (Å²) in [5, 5.41) is 17.4. The average molecular weight is 646 g/mol. The molecule has 45 heavy (non-hydrogen) atoms. The summed E-state index contributed by atoms with van der Waals surface area (Å²) in [6, 6.07) is 13.5. The molecule has 2 saturated heterocycles. The number of ether oxygens (including phenoxy) is 4. The van der Waals surface area contributed by atoms with E-state index < -0.39 is 40.3 Å². The lowest BCUT2D eigenvalue weighted by molar-refractivity contribution is -0.0907. The number of carbonyl (C=O) groups excluding carboxylic acids is 1. The number of nitrogens with one attached hydrogen (secondary N) is 2. The quantitative estimate of drug-likeness (QED) is 0.0835. The maximum atomic E-state index is 14.0. The molecule has 246 valence electrons. The minimum atomic E-state index is -4.33. The summed E-state index contributed by atoms with van der Waals surface area (Å²) in [5.74, 6) is 0.404. The zero-order chi connectivity index (χ0) is 32.7. The van der Waals surface area contributed by atoms with Gasteiger partial charge in [-0.1, -0.05) is 49.3 Å². The van der Waals surface area contributed by atoms with Crippen LogP contribution >= 0.6 is 0 Å². The Hall–Kier alpha value is -3.39. The summed E-state index contributed by atoms with van der Waals surface area (Å²) in [5.41, 5.74) is 7.78. The molecule has 3 N–H and O–H groups in total. The molecule has 5 atom stereocenters. The predicted octanol–water partition coefficient (Wildman–Crippen LogP) is 4.44. The lowest BCUT2D eigenvalue weighted by Gasteiger charge is -2.38. The number of hydrogen-bond donors (Lipinski definition) is 3. The van der Waals surface area contributed by atoms with Gasteiger partial charge >= 0.3 is 6.09 Å². The van der Waals surface area contributed by atoms with Crippen molar-refractivity contribution in [3.63, 3.8) is 0 Å². The van der Waals surface area contributed by atoms with Crippen molar-refractivity contribution in [3.8, 4) is 5.75 Å². The van der Waals surface area contributed by atoms with Crippen LogP contribution in [0.5, 0.6) is 5.75 Å². The average Bonchev–Trinajstić information content (AvgIpc) is 3.60. The number of nitrogens with zero attached hydrogens (tertiary/aromatic N) is 3. The van der Waals surface area contributed by atoms with Crippen LogP contribution in [0.4, 0.5) is 4.79 Å². The number of fused-ring (bicyclic) bond motifs is 1. The van der Waals surface area contributed by atoms with E-state index in [-0.39, 0.29) is 29.3 Å². The monoisotopic (exact) mass is 645 g/mol. The number of sulfonamides is 1. The molecular formula is C31H43N5O8S. The van der Waals surface area contributed by atoms with Crippen molar-refractivity contribution in [1.82, 2.24) is 10.0 Å². The molecule has 0 radical (unpaired) electrons. The molecule has 0 bridgehead atoms. The van der Waals surface area contributed by atoms with Crippen molar-refractivity contribution in [2.75, 3.05) is 26.9 Å². The SMILES string of the molecule is COc1ccc(S(=O)(=O)N[C@](Cc2ccccc2)(NC(=O)O[C@H]2CO[C@H]3OCC[C@H]32)[C@@H](C)O)cc1CC(C)(C)CCCN=[N+]=[N-]. The van der Waals surface area contributed by atoms with Gasteiger partial charge in [-0.3, -0.25) is 5.32 Å². The van der Waals surface area contributed by atoms with Gasteiger partial charge in [0, 0.05) is 17.9 Å². The van der Waals surface area contributed by atoms with E-state index in [9.17, 15) is 18.3 Å². The molecule has 0 spiro atoms. The molecule has 0 aromatic heterocycles. The maximum Gasteiger partial charge on any atom is 0.409 e. The van der Waals surface area contributed by atoms with Crippen LogP contribution in [0.25, 0.3) is 10.4 Å². The van der Waals surface area contributed by atoms with Crippen LogP contribution in [-0.2, 0) is 37.1 Å². The standard InChI is InChI=1S/C31H43N5O8S/c1-21(37)31(18-22-9-6-5-7-10-22,34-29(38)44-27-20-43-28-25(27)13-16-42-28)35-45(39,40)24-11-12-26(41-4)23(17-24)19-30(2,3)14-8-15-33-36-32/h5-7,9-12,17,21,25,27-28,35,37H,8,13-16,18-20H2,1-4H3,(H,34,38)/t21-,25+,27+,28-,31+/m1/s1. The summed E-state index contributed by atoms with van der Waals surface area (Å²) in [6.45, 7) is 6.53. The first-order valence-corrected chi connectivity index (χ1v) is 16.5. The number of amides is 1. The van der Waals surface area contributed by atoms with Crippen LogP contribution in [0.3, 0.4) is 0 Å². The van der Waals surface area contributed by atoms with Crippen LogP contribution in [0.1, 0.15) is 51.2 Å². The molecule has 4 rings (SSSR count). The van der Waals surface area contributed by atoms with Crippen LogP contribution in [0.2, 0.25) is 0 Å². The van der Waals surface area contributed by atoms with Gasteiger partial charge in [-0.25, -0.2) is 13.2 Å². The molecule has 14 heteroatoms. The summed E-state index contributed by atoms with van der Waals surface area (Å²) < 4.78 is 53.0. The van der Waals surface area contributed by atoms with Gasteiger partial charge in [-0.05, 0) is 72.9 Å². The fourth-order valence-corrected chi connectivity index (χ4v) is 7.33. The number of hydrogen-bond acceptors (Lipinski definition) is 9. The number of methoxy groups -OCH3 is 1. The molecule has 13 nitrogen and oxygen atoms in total. The summed E-state index contributed by atoms with van der Waals surface area (Å²) in [7, 11) is -2.82. The van der Waals surface area contributed by atoms with E-state index in [1.165, 1.54) is 20.1 Å². The Morgan fingerprint density at radius 2 is 1.96 bits per heavy atom. The molecule has 0 unspecified atom stereocenters. The van der Waals surface area contributed by atoms with Crippen molar-refractivity contribution >= 4 is 16.1 Å². The van der Waals surface area contributed by atoms with Crippen LogP contribution in [0.15, 0.2) is 58.5 Å². The van der Waals surface area contributed by atoms with E-state index in [0.717, 1.165) is 6.42 Å². The highest BCUT2D eigenvalue weighted by Gasteiger charge is 2.46. The number of azide groups is 1. The molecule has 2 aliphatic rings. The first-order valence-electron chi connectivity index (χ1n) is 15.0. The number of benzene rings is 2. The third-order valence-electron chi connectivity index (χ3n) is 8.33. The Labute approximate surface area is 264 Å². The van der Waals surface area contributed by atoms with Crippen LogP contribution < -0.4 is 14.8 Å². The first-order chi connectivity index (χ1) is 21.4. The Morgan fingerprint density at radius 1 is 1.20 bits per heavy atom. The fraction of sp³-hybridized carbons (Fsp3) is 0.581. The van der Waals surface area contributed by atoms with Gasteiger partial charge < -0.3 is 24.1 Å². The molecule has 0 saturated carbocycles. The van der Waals surface area contributed by atoms with E-state index in [1.807, 2.05) is 19.9 Å². The molecule has 2 heterocycles. The highest BCUT2D eigenvalue weighted by molar-refractivity contribution is 7.89. The molecule has 2 fully saturated rings. The van der Waals surface area contributed by atoms with Gasteiger partial charge in [0.15, 0.2) is 6.29 Å². The minimum Gasteiger partial charge on any atom is -0.496 e. The van der Waals surface area contributed by atoms with Crippen molar-refractivity contribution in [2.45, 2.75) is 81.9 Å². The minimum absolute atomic E-state index is 0.0634. The van der Waals surface area contributed by atoms with E-state index in [2.05, 4.69) is 20.1 Å². The van der Waals surface area contributed by atoms with E-state index >= 15 is 0 Å². The molecule has 2 aliphatic heterocycles. The number of aliphatic hydroxyl groups is 1. The summed E-state index contributed by atoms with van der Waals surface area (Å²) in [6.07, 6.45) is -0.784. The number of rotatable bonds is 15. The maximum absolute atomic E-state index is 14.0. The molecule has 1 amide bonds. The third kappa shape index (κ3) is 8.87. The number of aliphatic hydroxyl groups excluding tert-OH is 1. The highest BCUT2D eigenvalue weighted by atomic mass is 32.2. The lowest BCUT2D eigenvalue weighted by Crippen LogP contribution is -2.68. The van der Waals surface area contributed by atoms with Gasteiger partial charge in [-0.15, -0.1) is 0 Å². The lowest BCUT2D eigenvalue weighted by atomic mass is 9.81. The molecule has 2 aromatic rings. The highest BCUT2D eigenvalue weighted by Crippen LogP contribution is 2.35. The van der Waals surface area contributed by atoms with Gasteiger partial charge in [0.05, 0.1) is 37.2 Å². The van der Waals surface area contributed by atoms with Gasteiger partial charge in [0.1, 0.15) is 17.5 Å². The summed E-state index contributed by atoms with van der Waals surface area (Å²) in [4.78, 5) is 16.1. The molecule has 2 aromatic carbocycles. The third-order valence-corrected chi connectivity index (χ3v) is 9.84.